The summed E-state index contributed by atoms with van der Waals surface area (Å²) in [6.07, 6.45) is 7.03. The van der Waals surface area contributed by atoms with Crippen LogP contribution in [0.3, 0.4) is 0 Å². The fourth-order valence-corrected chi connectivity index (χ4v) is 1.36. The standard InChI is InChI=1S/C8H19O3P.2Na.2H/c1-2-3-4-5-6-7-8-11-12(9)10;;;;/h12H,2-8H2,1H3,(H,9,10);;;;. The van der Waals surface area contributed by atoms with Gasteiger partial charge in [-0.2, -0.15) is 0 Å². The van der Waals surface area contributed by atoms with E-state index < -0.39 is 8.25 Å². The van der Waals surface area contributed by atoms with Gasteiger partial charge in [-0.05, 0) is 6.42 Å². The van der Waals surface area contributed by atoms with E-state index in [1.54, 1.807) is 0 Å². The molecule has 14 heavy (non-hydrogen) atoms. The summed E-state index contributed by atoms with van der Waals surface area (Å²) in [6, 6.07) is 0. The molecular formula is C8H21Na2O3P. The zero-order chi connectivity index (χ0) is 9.23. The van der Waals surface area contributed by atoms with Gasteiger partial charge in [-0.15, -0.1) is 0 Å². The summed E-state index contributed by atoms with van der Waals surface area (Å²) in [4.78, 5) is 8.32. The molecule has 0 amide bonds. The number of hydrogen-bond acceptors (Lipinski definition) is 2. The molecule has 0 rings (SSSR count). The second-order valence-electron chi connectivity index (χ2n) is 2.88. The predicted octanol–water partition coefficient (Wildman–Crippen LogP) is 1.45. The molecule has 0 saturated heterocycles. The molecule has 0 aliphatic heterocycles. The second-order valence-corrected chi connectivity index (χ2v) is 3.70. The zero-order valence-electron chi connectivity index (χ0n) is 7.71. The van der Waals surface area contributed by atoms with E-state index in [1.165, 1.54) is 25.7 Å². The van der Waals surface area contributed by atoms with Gasteiger partial charge in [0, 0.05) is 0 Å². The summed E-state index contributed by atoms with van der Waals surface area (Å²) < 4.78 is 14.6. The molecule has 0 radical (unpaired) electrons. The van der Waals surface area contributed by atoms with E-state index >= 15 is 0 Å². The summed E-state index contributed by atoms with van der Waals surface area (Å²) in [5, 5.41) is 0. The Morgan fingerprint density at radius 2 is 1.57 bits per heavy atom. The summed E-state index contributed by atoms with van der Waals surface area (Å²) in [5.74, 6) is 0. The van der Waals surface area contributed by atoms with Gasteiger partial charge < -0.3 is 9.42 Å². The van der Waals surface area contributed by atoms with Gasteiger partial charge in [0.1, 0.15) is 0 Å². The summed E-state index contributed by atoms with van der Waals surface area (Å²) in [6.45, 7) is 2.61. The second kappa shape index (κ2) is 17.5. The van der Waals surface area contributed by atoms with E-state index in [0.29, 0.717) is 6.61 Å². The summed E-state index contributed by atoms with van der Waals surface area (Å²) in [5.41, 5.74) is 0. The van der Waals surface area contributed by atoms with Gasteiger partial charge in [-0.25, -0.2) is 0 Å². The Labute approximate surface area is 132 Å². The van der Waals surface area contributed by atoms with Crippen LogP contribution in [0.2, 0.25) is 0 Å². The van der Waals surface area contributed by atoms with Gasteiger partial charge in [-0.1, -0.05) is 39.0 Å². The number of unbranched alkanes of at least 4 members (excludes halogenated alkanes) is 5. The minimum atomic E-state index is -2.68. The van der Waals surface area contributed by atoms with Crippen molar-refractivity contribution in [2.45, 2.75) is 45.4 Å². The monoisotopic (exact) mass is 242 g/mol. The van der Waals surface area contributed by atoms with E-state index in [-0.39, 0.29) is 59.1 Å². The van der Waals surface area contributed by atoms with Crippen LogP contribution >= 0.6 is 8.25 Å². The third-order valence-electron chi connectivity index (χ3n) is 1.72. The fourth-order valence-electron chi connectivity index (χ4n) is 1.04. The van der Waals surface area contributed by atoms with Crippen molar-refractivity contribution in [2.75, 3.05) is 6.61 Å². The van der Waals surface area contributed by atoms with Crippen molar-refractivity contribution in [3.63, 3.8) is 0 Å². The van der Waals surface area contributed by atoms with Crippen LogP contribution in [0.5, 0.6) is 0 Å². The maximum atomic E-state index is 10.1. The van der Waals surface area contributed by atoms with E-state index in [1.807, 2.05) is 0 Å². The molecule has 78 valence electrons. The molecule has 0 heterocycles. The number of rotatable bonds is 8. The molecule has 0 bridgehead atoms. The first kappa shape index (κ1) is 21.4. The Bertz CT molecular complexity index is 125. The Hall–Kier alpha value is 2.15. The molecular weight excluding hydrogens is 221 g/mol. The van der Waals surface area contributed by atoms with Gasteiger partial charge in [-0.3, -0.25) is 4.57 Å². The van der Waals surface area contributed by atoms with Gasteiger partial charge >= 0.3 is 67.4 Å². The third-order valence-corrected chi connectivity index (χ3v) is 2.17. The first-order chi connectivity index (χ1) is 5.77. The molecule has 0 spiro atoms. The summed E-state index contributed by atoms with van der Waals surface area (Å²) in [7, 11) is -2.68. The Balaban J connectivity index is -0.000000605. The predicted molar refractivity (Wildman–Crippen MR) is 64.8 cm³/mol. The van der Waals surface area contributed by atoms with Crippen molar-refractivity contribution in [3.8, 4) is 0 Å². The third kappa shape index (κ3) is 19.7. The van der Waals surface area contributed by atoms with Crippen LogP contribution in [-0.4, -0.2) is 70.6 Å². The average molecular weight is 242 g/mol. The molecule has 1 N–H and O–H groups in total. The van der Waals surface area contributed by atoms with Gasteiger partial charge in [0.25, 0.3) is 0 Å². The normalized spacial score (nSPS) is 11.3. The van der Waals surface area contributed by atoms with Crippen molar-refractivity contribution in [1.82, 2.24) is 0 Å². The molecule has 3 nitrogen and oxygen atoms in total. The molecule has 0 aromatic heterocycles. The van der Waals surface area contributed by atoms with Crippen LogP contribution in [0.15, 0.2) is 0 Å². The minimum absolute atomic E-state index is 0. The van der Waals surface area contributed by atoms with Crippen LogP contribution < -0.4 is 0 Å². The first-order valence-electron chi connectivity index (χ1n) is 4.63. The topological polar surface area (TPSA) is 46.5 Å². The Morgan fingerprint density at radius 1 is 1.07 bits per heavy atom. The fraction of sp³-hybridized carbons (Fsp3) is 1.00. The van der Waals surface area contributed by atoms with Crippen LogP contribution in [-0.2, 0) is 9.09 Å². The van der Waals surface area contributed by atoms with Crippen molar-refractivity contribution in [2.24, 2.45) is 0 Å². The molecule has 0 aromatic rings. The van der Waals surface area contributed by atoms with Crippen molar-refractivity contribution in [1.29, 1.82) is 0 Å². The molecule has 0 aliphatic carbocycles. The SMILES string of the molecule is CCCCCCCCO[PH](=O)O.[NaH].[NaH]. The van der Waals surface area contributed by atoms with Gasteiger partial charge in [0.05, 0.1) is 6.61 Å². The molecule has 0 saturated carbocycles. The maximum absolute atomic E-state index is 10.1. The van der Waals surface area contributed by atoms with Gasteiger partial charge in [0.2, 0.25) is 0 Å². The molecule has 0 aromatic carbocycles. The average Bonchev–Trinajstić information content (AvgIpc) is 2.02. The van der Waals surface area contributed by atoms with E-state index in [9.17, 15) is 4.57 Å². The van der Waals surface area contributed by atoms with Crippen LogP contribution in [0, 0.1) is 0 Å². The van der Waals surface area contributed by atoms with Crippen molar-refractivity contribution >= 4 is 67.4 Å². The Morgan fingerprint density at radius 3 is 2.07 bits per heavy atom. The molecule has 1 unspecified atom stereocenters. The van der Waals surface area contributed by atoms with Crippen LogP contribution in [0.4, 0.5) is 0 Å². The number of hydrogen-bond donors (Lipinski definition) is 1. The van der Waals surface area contributed by atoms with Crippen LogP contribution in [0.1, 0.15) is 45.4 Å². The van der Waals surface area contributed by atoms with E-state index in [4.69, 9.17) is 4.89 Å². The quantitative estimate of drug-likeness (QED) is 0.398. The van der Waals surface area contributed by atoms with Crippen LogP contribution in [0.25, 0.3) is 0 Å². The molecule has 6 heteroatoms. The first-order valence-corrected chi connectivity index (χ1v) is 5.89. The molecule has 0 aliphatic rings. The van der Waals surface area contributed by atoms with Crippen molar-refractivity contribution < 1.29 is 14.0 Å². The Kier molecular flexibility index (Phi) is 26.9. The molecule has 1 atom stereocenters. The van der Waals surface area contributed by atoms with E-state index in [0.717, 1.165) is 12.8 Å². The van der Waals surface area contributed by atoms with E-state index in [2.05, 4.69) is 11.4 Å². The summed E-state index contributed by atoms with van der Waals surface area (Å²) >= 11 is 0. The zero-order valence-corrected chi connectivity index (χ0v) is 8.71. The van der Waals surface area contributed by atoms with Gasteiger partial charge in [0.15, 0.2) is 0 Å². The van der Waals surface area contributed by atoms with Crippen molar-refractivity contribution in [3.05, 3.63) is 0 Å². The molecule has 0 fully saturated rings.